The molecule has 0 aliphatic heterocycles. The van der Waals surface area contributed by atoms with Crippen LogP contribution in [0.1, 0.15) is 11.1 Å². The van der Waals surface area contributed by atoms with Gasteiger partial charge in [-0.1, -0.05) is 42.9 Å². The van der Waals surface area contributed by atoms with Gasteiger partial charge in [0.2, 0.25) is 0 Å². The maximum absolute atomic E-state index is 11.8. The summed E-state index contributed by atoms with van der Waals surface area (Å²) in [5.41, 5.74) is 5.35. The molecule has 2 aromatic rings. The summed E-state index contributed by atoms with van der Waals surface area (Å²) in [5.74, 6) is 3.75. The van der Waals surface area contributed by atoms with Crippen molar-refractivity contribution in [2.45, 2.75) is 26.2 Å². The molecule has 7 heteroatoms. The average Bonchev–Trinajstić information content (AvgIpc) is 2.88. The molecular formula is C16H21N5OSi. The minimum Gasteiger partial charge on any atom is -0.334 e. The number of benzene rings is 1. The molecular weight excluding hydrogens is 306 g/mol. The van der Waals surface area contributed by atoms with Crippen molar-refractivity contribution in [3.63, 3.8) is 0 Å². The highest BCUT2D eigenvalue weighted by atomic mass is 28.3. The van der Waals surface area contributed by atoms with Gasteiger partial charge in [0.05, 0.1) is 6.20 Å². The molecule has 1 aromatic carbocycles. The number of carbonyl (C=O) groups excluding carboxylic acids is 1. The van der Waals surface area contributed by atoms with Crippen molar-refractivity contribution in [2.24, 2.45) is 7.05 Å². The summed E-state index contributed by atoms with van der Waals surface area (Å²) < 4.78 is 1.49. The van der Waals surface area contributed by atoms with E-state index in [1.165, 1.54) is 10.9 Å². The molecule has 0 saturated heterocycles. The third kappa shape index (κ3) is 5.60. The SMILES string of the molecule is Cn1nncc1NC(=O)NCc1ccc(C#C[Si](C)(C)C)cc1. The van der Waals surface area contributed by atoms with Gasteiger partial charge in [0.1, 0.15) is 8.07 Å². The quantitative estimate of drug-likeness (QED) is 0.671. The highest BCUT2D eigenvalue weighted by molar-refractivity contribution is 6.83. The predicted molar refractivity (Wildman–Crippen MR) is 93.5 cm³/mol. The number of amides is 2. The van der Waals surface area contributed by atoms with E-state index in [9.17, 15) is 4.79 Å². The van der Waals surface area contributed by atoms with Gasteiger partial charge in [-0.05, 0) is 17.7 Å². The molecule has 2 rings (SSSR count). The van der Waals surface area contributed by atoms with Crippen LogP contribution in [0.4, 0.5) is 10.6 Å². The van der Waals surface area contributed by atoms with Gasteiger partial charge in [0, 0.05) is 19.2 Å². The van der Waals surface area contributed by atoms with E-state index in [1.807, 2.05) is 24.3 Å². The lowest BCUT2D eigenvalue weighted by atomic mass is 10.1. The van der Waals surface area contributed by atoms with Crippen LogP contribution in [0.25, 0.3) is 0 Å². The van der Waals surface area contributed by atoms with Crippen LogP contribution in [0.2, 0.25) is 19.6 Å². The van der Waals surface area contributed by atoms with Crippen LogP contribution in [0.5, 0.6) is 0 Å². The van der Waals surface area contributed by atoms with Gasteiger partial charge in [-0.25, -0.2) is 9.48 Å². The molecule has 0 fully saturated rings. The molecule has 0 unspecified atom stereocenters. The van der Waals surface area contributed by atoms with Crippen LogP contribution in [0, 0.1) is 11.5 Å². The number of carbonyl (C=O) groups is 1. The Morgan fingerprint density at radius 3 is 2.52 bits per heavy atom. The number of urea groups is 1. The second-order valence-electron chi connectivity index (χ2n) is 6.25. The molecule has 0 saturated carbocycles. The number of nitrogens with one attached hydrogen (secondary N) is 2. The number of hydrogen-bond donors (Lipinski definition) is 2. The highest BCUT2D eigenvalue weighted by Crippen LogP contribution is 2.05. The van der Waals surface area contributed by atoms with Crippen molar-refractivity contribution in [1.29, 1.82) is 0 Å². The number of aryl methyl sites for hydroxylation is 1. The minimum atomic E-state index is -1.36. The first-order valence-electron chi connectivity index (χ1n) is 7.35. The topological polar surface area (TPSA) is 71.8 Å². The molecule has 1 aromatic heterocycles. The summed E-state index contributed by atoms with van der Waals surface area (Å²) >= 11 is 0. The van der Waals surface area contributed by atoms with Crippen molar-refractivity contribution in [3.05, 3.63) is 41.6 Å². The zero-order valence-electron chi connectivity index (χ0n) is 13.8. The van der Waals surface area contributed by atoms with Crippen molar-refractivity contribution in [1.82, 2.24) is 20.3 Å². The lowest BCUT2D eigenvalue weighted by Crippen LogP contribution is -2.29. The number of hydrogen-bond acceptors (Lipinski definition) is 3. The Balaban J connectivity index is 1.87. The van der Waals surface area contributed by atoms with E-state index in [-0.39, 0.29) is 6.03 Å². The van der Waals surface area contributed by atoms with Crippen LogP contribution in [-0.2, 0) is 13.6 Å². The van der Waals surface area contributed by atoms with E-state index >= 15 is 0 Å². The summed E-state index contributed by atoms with van der Waals surface area (Å²) in [5, 5.41) is 12.9. The molecule has 0 radical (unpaired) electrons. The molecule has 1 heterocycles. The Hall–Kier alpha value is -2.59. The summed E-state index contributed by atoms with van der Waals surface area (Å²) in [6.07, 6.45) is 1.49. The molecule has 0 aliphatic carbocycles. The van der Waals surface area contributed by atoms with E-state index in [0.717, 1.165) is 11.1 Å². The van der Waals surface area contributed by atoms with Gasteiger partial charge in [0.15, 0.2) is 5.82 Å². The third-order valence-electron chi connectivity index (χ3n) is 2.94. The van der Waals surface area contributed by atoms with Gasteiger partial charge in [-0.2, -0.15) is 0 Å². The zero-order valence-corrected chi connectivity index (χ0v) is 14.8. The second kappa shape index (κ2) is 7.11. The van der Waals surface area contributed by atoms with Crippen molar-refractivity contribution < 1.29 is 4.79 Å². The summed E-state index contributed by atoms with van der Waals surface area (Å²) in [7, 11) is 0.353. The molecule has 0 bridgehead atoms. The van der Waals surface area contributed by atoms with Crippen molar-refractivity contribution >= 4 is 19.9 Å². The Morgan fingerprint density at radius 2 is 1.96 bits per heavy atom. The summed E-state index contributed by atoms with van der Waals surface area (Å²) in [6.45, 7) is 7.09. The van der Waals surface area contributed by atoms with Gasteiger partial charge >= 0.3 is 6.03 Å². The largest absolute Gasteiger partial charge is 0.334 e. The molecule has 120 valence electrons. The molecule has 6 nitrogen and oxygen atoms in total. The number of aromatic nitrogens is 3. The summed E-state index contributed by atoms with van der Waals surface area (Å²) in [4.78, 5) is 11.8. The average molecular weight is 327 g/mol. The first-order chi connectivity index (χ1) is 10.8. The van der Waals surface area contributed by atoms with E-state index in [1.54, 1.807) is 7.05 Å². The maximum atomic E-state index is 11.8. The lowest BCUT2D eigenvalue weighted by molar-refractivity contribution is 0.251. The fourth-order valence-corrected chi connectivity index (χ4v) is 2.23. The number of anilines is 1. The fraction of sp³-hybridized carbons (Fsp3) is 0.312. The van der Waals surface area contributed by atoms with Gasteiger partial charge < -0.3 is 5.32 Å². The Labute approximate surface area is 137 Å². The molecule has 0 spiro atoms. The van der Waals surface area contributed by atoms with Crippen molar-refractivity contribution in [2.75, 3.05) is 5.32 Å². The molecule has 0 aliphatic rings. The fourth-order valence-electron chi connectivity index (χ4n) is 1.71. The van der Waals surface area contributed by atoms with Crippen LogP contribution >= 0.6 is 0 Å². The molecule has 23 heavy (non-hydrogen) atoms. The second-order valence-corrected chi connectivity index (χ2v) is 11.0. The third-order valence-corrected chi connectivity index (χ3v) is 3.82. The Morgan fingerprint density at radius 1 is 1.26 bits per heavy atom. The predicted octanol–water partition coefficient (Wildman–Crippen LogP) is 2.37. The smallest absolute Gasteiger partial charge is 0.320 e. The maximum Gasteiger partial charge on any atom is 0.320 e. The van der Waals surface area contributed by atoms with Crippen LogP contribution in [0.3, 0.4) is 0 Å². The highest BCUT2D eigenvalue weighted by Gasteiger charge is 2.07. The molecule has 2 amide bonds. The van der Waals surface area contributed by atoms with Gasteiger partial charge in [-0.15, -0.1) is 10.6 Å². The van der Waals surface area contributed by atoms with Gasteiger partial charge in [0.25, 0.3) is 0 Å². The first kappa shape index (κ1) is 16.8. The molecule has 0 atom stereocenters. The first-order valence-corrected chi connectivity index (χ1v) is 10.9. The Kier molecular flexibility index (Phi) is 5.19. The number of nitrogens with zero attached hydrogens (tertiary/aromatic N) is 3. The van der Waals surface area contributed by atoms with Crippen LogP contribution < -0.4 is 10.6 Å². The van der Waals surface area contributed by atoms with E-state index in [0.29, 0.717) is 12.4 Å². The Bertz CT molecular complexity index is 734. The van der Waals surface area contributed by atoms with E-state index in [2.05, 4.69) is 52.1 Å². The summed E-state index contributed by atoms with van der Waals surface area (Å²) in [6, 6.07) is 7.61. The number of rotatable bonds is 3. The van der Waals surface area contributed by atoms with E-state index < -0.39 is 8.07 Å². The zero-order chi connectivity index (χ0) is 16.9. The van der Waals surface area contributed by atoms with Crippen molar-refractivity contribution in [3.8, 4) is 11.5 Å². The van der Waals surface area contributed by atoms with E-state index in [4.69, 9.17) is 0 Å². The van der Waals surface area contributed by atoms with Gasteiger partial charge in [-0.3, -0.25) is 5.32 Å². The van der Waals surface area contributed by atoms with Crippen LogP contribution in [0.15, 0.2) is 30.5 Å². The normalized spacial score (nSPS) is 10.6. The molecule has 2 N–H and O–H groups in total. The monoisotopic (exact) mass is 327 g/mol. The van der Waals surface area contributed by atoms with Crippen LogP contribution in [-0.4, -0.2) is 29.1 Å². The standard InChI is InChI=1S/C16H21N5OSi/c1-21-15(12-18-20-21)19-16(22)17-11-14-7-5-13(6-8-14)9-10-23(2,3)4/h5-8,12H,11H2,1-4H3,(H2,17,19,22). The lowest BCUT2D eigenvalue weighted by Gasteiger charge is -2.07. The minimum absolute atomic E-state index is 0.294.